The third kappa shape index (κ3) is 7.03. The van der Waals surface area contributed by atoms with Crippen LogP contribution in [0.5, 0.6) is 0 Å². The number of carbonyl (C=O) groups excluding carboxylic acids is 2. The second kappa shape index (κ2) is 10.7. The number of anilines is 2. The Morgan fingerprint density at radius 3 is 2.13 bits per heavy atom. The molecule has 0 fully saturated rings. The van der Waals surface area contributed by atoms with Crippen LogP contribution in [0.1, 0.15) is 63.0 Å². The van der Waals surface area contributed by atoms with Gasteiger partial charge in [-0.25, -0.2) is 9.59 Å². The first-order valence-corrected chi connectivity index (χ1v) is 12.9. The zero-order chi connectivity index (χ0) is 27.5. The van der Waals surface area contributed by atoms with E-state index in [1.54, 1.807) is 6.20 Å². The molecule has 0 atom stereocenters. The highest BCUT2D eigenvalue weighted by Gasteiger charge is 2.22. The number of esters is 1. The predicted octanol–water partition coefficient (Wildman–Crippen LogP) is 7.91. The lowest BCUT2D eigenvalue weighted by Gasteiger charge is -2.21. The van der Waals surface area contributed by atoms with Crippen molar-refractivity contribution in [1.82, 2.24) is 4.57 Å². The second-order valence-electron chi connectivity index (χ2n) is 11.4. The van der Waals surface area contributed by atoms with Gasteiger partial charge < -0.3 is 14.8 Å². The maximum absolute atomic E-state index is 13.0. The number of fused-ring (bicyclic) bond motifs is 1. The van der Waals surface area contributed by atoms with Crippen LogP contribution in [0.3, 0.4) is 0 Å². The molecule has 3 aromatic carbocycles. The zero-order valence-corrected chi connectivity index (χ0v) is 23.0. The van der Waals surface area contributed by atoms with Gasteiger partial charge in [-0.2, -0.15) is 0 Å². The topological polar surface area (TPSA) is 69.6 Å². The molecule has 0 radical (unpaired) electrons. The van der Waals surface area contributed by atoms with Crippen LogP contribution in [0.4, 0.5) is 16.2 Å². The molecule has 0 spiro atoms. The number of hydrogen-bond donors (Lipinski definition) is 1. The fourth-order valence-corrected chi connectivity index (χ4v) is 4.14. The van der Waals surface area contributed by atoms with E-state index in [1.165, 1.54) is 10.1 Å². The normalized spacial score (nSPS) is 11.8. The number of aryl methyl sites for hydroxylation is 2. The minimum Gasteiger partial charge on any atom is -0.456 e. The van der Waals surface area contributed by atoms with Crippen molar-refractivity contribution in [3.8, 4) is 0 Å². The summed E-state index contributed by atoms with van der Waals surface area (Å²) in [6, 6.07) is 23.7. The van der Waals surface area contributed by atoms with Crippen LogP contribution in [0, 0.1) is 0 Å². The van der Waals surface area contributed by atoms with Crippen LogP contribution in [0.2, 0.25) is 0 Å². The van der Waals surface area contributed by atoms with E-state index >= 15 is 0 Å². The average Bonchev–Trinajstić information content (AvgIpc) is 3.25. The largest absolute Gasteiger partial charge is 0.456 e. The van der Waals surface area contributed by atoms with Crippen LogP contribution < -0.4 is 5.32 Å². The van der Waals surface area contributed by atoms with Crippen molar-refractivity contribution in [3.63, 3.8) is 0 Å². The molecule has 1 heterocycles. The van der Waals surface area contributed by atoms with Crippen molar-refractivity contribution < 1.29 is 19.1 Å². The van der Waals surface area contributed by atoms with Gasteiger partial charge in [-0.15, -0.1) is 0 Å². The van der Waals surface area contributed by atoms with E-state index in [9.17, 15) is 9.59 Å². The van der Waals surface area contributed by atoms with Crippen molar-refractivity contribution in [2.45, 2.75) is 65.6 Å². The van der Waals surface area contributed by atoms with Gasteiger partial charge in [0.2, 0.25) is 0 Å². The lowest BCUT2D eigenvalue weighted by atomic mass is 10.0. The van der Waals surface area contributed by atoms with Crippen molar-refractivity contribution >= 4 is 34.3 Å². The number of rotatable bonds is 6. The number of carbonyl (C=O) groups is 2. The predicted molar refractivity (Wildman–Crippen MR) is 152 cm³/mol. The van der Waals surface area contributed by atoms with Gasteiger partial charge >= 0.3 is 12.1 Å². The Balaban J connectivity index is 1.62. The molecule has 4 aromatic rings. The van der Waals surface area contributed by atoms with Crippen LogP contribution in [0.25, 0.3) is 10.9 Å². The van der Waals surface area contributed by atoms with E-state index in [0.717, 1.165) is 35.0 Å². The standard InChI is InChI=1S/C32H36N2O4/c1-31(2,3)37-29(35)26-16-14-23(13-12-22-10-8-7-9-11-22)20-27(26)33-25-15-17-28-24(21-25)18-19-34(28)30(36)38-32(4,5)6/h7-11,14-21,33H,12-13H2,1-6H3. The lowest BCUT2D eigenvalue weighted by molar-refractivity contribution is 0.00704. The first kappa shape index (κ1) is 27.0. The molecule has 0 aliphatic heterocycles. The molecule has 0 saturated carbocycles. The maximum Gasteiger partial charge on any atom is 0.418 e. The third-order valence-corrected chi connectivity index (χ3v) is 5.81. The minimum absolute atomic E-state index is 0.383. The van der Waals surface area contributed by atoms with E-state index in [0.29, 0.717) is 11.3 Å². The zero-order valence-electron chi connectivity index (χ0n) is 23.0. The number of nitrogens with zero attached hydrogens (tertiary/aromatic N) is 1. The molecule has 0 aliphatic rings. The number of hydrogen-bond acceptors (Lipinski definition) is 5. The Labute approximate surface area is 224 Å². The second-order valence-corrected chi connectivity index (χ2v) is 11.4. The summed E-state index contributed by atoms with van der Waals surface area (Å²) in [7, 11) is 0. The van der Waals surface area contributed by atoms with Crippen LogP contribution in [0.15, 0.2) is 79.0 Å². The lowest BCUT2D eigenvalue weighted by Crippen LogP contribution is -2.26. The minimum atomic E-state index is -0.607. The molecule has 4 rings (SSSR count). The van der Waals surface area contributed by atoms with Gasteiger partial charge in [0.25, 0.3) is 0 Å². The van der Waals surface area contributed by atoms with E-state index in [4.69, 9.17) is 9.47 Å². The Morgan fingerprint density at radius 2 is 1.45 bits per heavy atom. The quantitative estimate of drug-likeness (QED) is 0.266. The Hall–Kier alpha value is -4.06. The molecule has 0 amide bonds. The summed E-state index contributed by atoms with van der Waals surface area (Å²) in [4.78, 5) is 25.7. The van der Waals surface area contributed by atoms with E-state index in [2.05, 4.69) is 17.4 Å². The molecule has 0 aliphatic carbocycles. The molecule has 6 nitrogen and oxygen atoms in total. The molecule has 1 N–H and O–H groups in total. The van der Waals surface area contributed by atoms with Crippen LogP contribution in [-0.4, -0.2) is 27.8 Å². The molecule has 0 bridgehead atoms. The van der Waals surface area contributed by atoms with E-state index in [1.807, 2.05) is 102 Å². The third-order valence-electron chi connectivity index (χ3n) is 5.81. The van der Waals surface area contributed by atoms with Gasteiger partial charge in [-0.05, 0) is 102 Å². The number of aromatic nitrogens is 1. The number of ether oxygens (including phenoxy) is 2. The summed E-state index contributed by atoms with van der Waals surface area (Å²) >= 11 is 0. The molecular formula is C32H36N2O4. The maximum atomic E-state index is 13.0. The summed E-state index contributed by atoms with van der Waals surface area (Å²) in [6.45, 7) is 11.1. The fraction of sp³-hybridized carbons (Fsp3) is 0.312. The van der Waals surface area contributed by atoms with Gasteiger partial charge in [0, 0.05) is 17.3 Å². The molecule has 6 heteroatoms. The van der Waals surface area contributed by atoms with Gasteiger partial charge in [0.15, 0.2) is 0 Å². The fourth-order valence-electron chi connectivity index (χ4n) is 4.14. The first-order valence-electron chi connectivity index (χ1n) is 12.9. The summed E-state index contributed by atoms with van der Waals surface area (Å²) < 4.78 is 12.7. The number of nitrogens with one attached hydrogen (secondary N) is 1. The summed E-state index contributed by atoms with van der Waals surface area (Å²) in [6.07, 6.45) is 3.02. The highest BCUT2D eigenvalue weighted by atomic mass is 16.6. The van der Waals surface area contributed by atoms with E-state index in [-0.39, 0.29) is 5.97 Å². The molecule has 1 aromatic heterocycles. The SMILES string of the molecule is CC(C)(C)OC(=O)c1ccc(CCc2ccccc2)cc1Nc1ccc2c(ccn2C(=O)OC(C)(C)C)c1. The summed E-state index contributed by atoms with van der Waals surface area (Å²) in [5.74, 6) is -0.383. The molecular weight excluding hydrogens is 476 g/mol. The Bertz CT molecular complexity index is 1440. The molecule has 38 heavy (non-hydrogen) atoms. The van der Waals surface area contributed by atoms with Crippen molar-refractivity contribution in [2.75, 3.05) is 5.32 Å². The van der Waals surface area contributed by atoms with Crippen molar-refractivity contribution in [2.24, 2.45) is 0 Å². The molecule has 0 saturated heterocycles. The van der Waals surface area contributed by atoms with Crippen molar-refractivity contribution in [3.05, 3.63) is 95.7 Å². The van der Waals surface area contributed by atoms with Gasteiger partial charge in [0.05, 0.1) is 16.8 Å². The molecule has 198 valence electrons. The highest BCUT2D eigenvalue weighted by Crippen LogP contribution is 2.28. The smallest absolute Gasteiger partial charge is 0.418 e. The van der Waals surface area contributed by atoms with Crippen molar-refractivity contribution in [1.29, 1.82) is 0 Å². The Morgan fingerprint density at radius 1 is 0.763 bits per heavy atom. The number of benzene rings is 3. The first-order chi connectivity index (χ1) is 17.9. The highest BCUT2D eigenvalue weighted by molar-refractivity contribution is 5.98. The van der Waals surface area contributed by atoms with Crippen LogP contribution >= 0.6 is 0 Å². The monoisotopic (exact) mass is 512 g/mol. The average molecular weight is 513 g/mol. The summed E-state index contributed by atoms with van der Waals surface area (Å²) in [5.41, 5.74) is 3.87. The summed E-state index contributed by atoms with van der Waals surface area (Å²) in [5, 5.41) is 4.30. The van der Waals surface area contributed by atoms with Gasteiger partial charge in [-0.1, -0.05) is 36.4 Å². The Kier molecular flexibility index (Phi) is 7.63. The van der Waals surface area contributed by atoms with Gasteiger partial charge in [0.1, 0.15) is 11.2 Å². The van der Waals surface area contributed by atoms with Crippen LogP contribution in [-0.2, 0) is 22.3 Å². The van der Waals surface area contributed by atoms with Gasteiger partial charge in [-0.3, -0.25) is 4.57 Å². The van der Waals surface area contributed by atoms with E-state index < -0.39 is 17.3 Å². The molecule has 0 unspecified atom stereocenters.